The molecule has 1 unspecified atom stereocenters. The lowest BCUT2D eigenvalue weighted by atomic mass is 9.86. The van der Waals surface area contributed by atoms with Crippen molar-refractivity contribution >= 4 is 0 Å². The zero-order valence-electron chi connectivity index (χ0n) is 8.34. The molecule has 0 amide bonds. The summed E-state index contributed by atoms with van der Waals surface area (Å²) in [5.74, 6) is 1.01. The molecular weight excluding hydrogens is 162 g/mol. The van der Waals surface area contributed by atoms with Crippen LogP contribution in [0.2, 0.25) is 0 Å². The zero-order valence-corrected chi connectivity index (χ0v) is 8.34. The Bertz CT molecular complexity index is 253. The number of rotatable bonds is 5. The van der Waals surface area contributed by atoms with Crippen LogP contribution in [0.3, 0.4) is 0 Å². The average molecular weight is 179 g/mol. The van der Waals surface area contributed by atoms with Crippen LogP contribution in [0.5, 0.6) is 0 Å². The highest BCUT2D eigenvalue weighted by Crippen LogP contribution is 2.22. The van der Waals surface area contributed by atoms with Gasteiger partial charge in [0.2, 0.25) is 0 Å². The molecule has 1 rings (SSSR count). The first-order chi connectivity index (χ1) is 6.20. The maximum absolute atomic E-state index is 5.30. The summed E-state index contributed by atoms with van der Waals surface area (Å²) in [7, 11) is 1.95. The van der Waals surface area contributed by atoms with E-state index in [9.17, 15) is 0 Å². The van der Waals surface area contributed by atoms with Crippen LogP contribution < -0.4 is 5.32 Å². The van der Waals surface area contributed by atoms with Crippen molar-refractivity contribution in [3.8, 4) is 0 Å². The maximum atomic E-state index is 5.30. The Balaban J connectivity index is 2.63. The molecule has 0 bridgehead atoms. The first-order valence-corrected chi connectivity index (χ1v) is 4.51. The summed E-state index contributed by atoms with van der Waals surface area (Å²) in [6, 6.07) is 3.91. The van der Waals surface area contributed by atoms with E-state index in [4.69, 9.17) is 4.42 Å². The molecule has 13 heavy (non-hydrogen) atoms. The van der Waals surface area contributed by atoms with Gasteiger partial charge in [-0.1, -0.05) is 13.0 Å². The molecule has 0 fully saturated rings. The van der Waals surface area contributed by atoms with Gasteiger partial charge in [0, 0.05) is 18.4 Å². The highest BCUT2D eigenvalue weighted by atomic mass is 16.3. The lowest BCUT2D eigenvalue weighted by molar-refractivity contribution is 0.363. The van der Waals surface area contributed by atoms with E-state index in [1.54, 1.807) is 6.26 Å². The van der Waals surface area contributed by atoms with Crippen molar-refractivity contribution in [2.75, 3.05) is 13.6 Å². The third-order valence-electron chi connectivity index (χ3n) is 2.23. The zero-order chi connectivity index (χ0) is 9.73. The molecule has 1 aromatic heterocycles. The van der Waals surface area contributed by atoms with Gasteiger partial charge < -0.3 is 9.73 Å². The average Bonchev–Trinajstić information content (AvgIpc) is 2.57. The highest BCUT2D eigenvalue weighted by Gasteiger charge is 2.20. The van der Waals surface area contributed by atoms with Gasteiger partial charge in [0.15, 0.2) is 0 Å². The van der Waals surface area contributed by atoms with Crippen LogP contribution in [0.25, 0.3) is 0 Å². The van der Waals surface area contributed by atoms with Gasteiger partial charge in [-0.15, -0.1) is 6.58 Å². The number of furan rings is 1. The summed E-state index contributed by atoms with van der Waals surface area (Å²) in [5, 5.41) is 3.16. The fraction of sp³-hybridized carbons (Fsp3) is 0.455. The fourth-order valence-electron chi connectivity index (χ4n) is 1.42. The van der Waals surface area contributed by atoms with Crippen molar-refractivity contribution in [1.29, 1.82) is 0 Å². The van der Waals surface area contributed by atoms with Crippen LogP contribution in [0.1, 0.15) is 12.7 Å². The molecule has 0 saturated heterocycles. The van der Waals surface area contributed by atoms with Crippen LogP contribution in [0.4, 0.5) is 0 Å². The number of nitrogens with one attached hydrogen (secondary N) is 1. The summed E-state index contributed by atoms with van der Waals surface area (Å²) in [4.78, 5) is 0. The van der Waals surface area contributed by atoms with Crippen LogP contribution in [-0.4, -0.2) is 13.6 Å². The van der Waals surface area contributed by atoms with Crippen molar-refractivity contribution in [2.24, 2.45) is 5.41 Å². The van der Waals surface area contributed by atoms with E-state index >= 15 is 0 Å². The van der Waals surface area contributed by atoms with E-state index in [2.05, 4.69) is 18.8 Å². The molecule has 1 N–H and O–H groups in total. The molecule has 1 heterocycles. The Morgan fingerprint density at radius 2 is 2.46 bits per heavy atom. The van der Waals surface area contributed by atoms with Gasteiger partial charge in [0.25, 0.3) is 0 Å². The molecule has 0 radical (unpaired) electrons. The predicted octanol–water partition coefficient (Wildman–Crippen LogP) is 2.23. The third kappa shape index (κ3) is 2.74. The molecule has 2 heteroatoms. The molecule has 72 valence electrons. The SMILES string of the molecule is C=CC(C)(CNC)Cc1ccco1. The molecular formula is C11H17NO. The largest absolute Gasteiger partial charge is 0.469 e. The molecule has 0 saturated carbocycles. The number of hydrogen-bond donors (Lipinski definition) is 1. The molecule has 2 nitrogen and oxygen atoms in total. The minimum Gasteiger partial charge on any atom is -0.469 e. The van der Waals surface area contributed by atoms with Crippen molar-refractivity contribution < 1.29 is 4.42 Å². The van der Waals surface area contributed by atoms with Gasteiger partial charge in [-0.2, -0.15) is 0 Å². The second-order valence-corrected chi connectivity index (χ2v) is 3.64. The lowest BCUT2D eigenvalue weighted by Gasteiger charge is -2.23. The van der Waals surface area contributed by atoms with Gasteiger partial charge in [-0.3, -0.25) is 0 Å². The van der Waals surface area contributed by atoms with Crippen molar-refractivity contribution in [3.05, 3.63) is 36.8 Å². The molecule has 0 aliphatic heterocycles. The van der Waals surface area contributed by atoms with Crippen LogP contribution in [0, 0.1) is 5.41 Å². The topological polar surface area (TPSA) is 25.2 Å². The van der Waals surface area contributed by atoms with Crippen molar-refractivity contribution in [2.45, 2.75) is 13.3 Å². The summed E-state index contributed by atoms with van der Waals surface area (Å²) >= 11 is 0. The first kappa shape index (κ1) is 10.1. The highest BCUT2D eigenvalue weighted by molar-refractivity contribution is 5.06. The van der Waals surface area contributed by atoms with Crippen molar-refractivity contribution in [3.63, 3.8) is 0 Å². The molecule has 0 aromatic carbocycles. The minimum atomic E-state index is 0.0760. The van der Waals surface area contributed by atoms with Crippen LogP contribution >= 0.6 is 0 Å². The van der Waals surface area contributed by atoms with E-state index in [0.717, 1.165) is 18.7 Å². The van der Waals surface area contributed by atoms with Gasteiger partial charge in [-0.25, -0.2) is 0 Å². The summed E-state index contributed by atoms with van der Waals surface area (Å²) in [5.41, 5.74) is 0.0760. The third-order valence-corrected chi connectivity index (χ3v) is 2.23. The Hall–Kier alpha value is -1.02. The van der Waals surface area contributed by atoms with Gasteiger partial charge in [0.1, 0.15) is 5.76 Å². The molecule has 1 aromatic rings. The second kappa shape index (κ2) is 4.28. The quantitative estimate of drug-likeness (QED) is 0.701. The second-order valence-electron chi connectivity index (χ2n) is 3.64. The van der Waals surface area contributed by atoms with Crippen molar-refractivity contribution in [1.82, 2.24) is 5.32 Å². The lowest BCUT2D eigenvalue weighted by Crippen LogP contribution is -2.29. The van der Waals surface area contributed by atoms with E-state index in [1.807, 2.05) is 25.3 Å². The monoisotopic (exact) mass is 179 g/mol. The summed E-state index contributed by atoms with van der Waals surface area (Å²) < 4.78 is 5.30. The number of hydrogen-bond acceptors (Lipinski definition) is 2. The minimum absolute atomic E-state index is 0.0760. The van der Waals surface area contributed by atoms with E-state index in [1.165, 1.54) is 0 Å². The van der Waals surface area contributed by atoms with Gasteiger partial charge in [-0.05, 0) is 19.2 Å². The fourth-order valence-corrected chi connectivity index (χ4v) is 1.42. The molecule has 0 aliphatic carbocycles. The summed E-state index contributed by atoms with van der Waals surface area (Å²) in [6.45, 7) is 6.93. The molecule has 0 spiro atoms. The first-order valence-electron chi connectivity index (χ1n) is 4.51. The van der Waals surface area contributed by atoms with Crippen LogP contribution in [-0.2, 0) is 6.42 Å². The smallest absolute Gasteiger partial charge is 0.104 e. The predicted molar refractivity (Wildman–Crippen MR) is 54.6 cm³/mol. The summed E-state index contributed by atoms with van der Waals surface area (Å²) in [6.07, 6.45) is 4.58. The molecule has 1 atom stereocenters. The van der Waals surface area contributed by atoms with E-state index < -0.39 is 0 Å². The van der Waals surface area contributed by atoms with E-state index in [0.29, 0.717) is 0 Å². The van der Waals surface area contributed by atoms with Crippen LogP contribution in [0.15, 0.2) is 35.5 Å². The van der Waals surface area contributed by atoms with Gasteiger partial charge in [0.05, 0.1) is 6.26 Å². The maximum Gasteiger partial charge on any atom is 0.104 e. The Labute approximate surface area is 79.6 Å². The van der Waals surface area contributed by atoms with Gasteiger partial charge >= 0.3 is 0 Å². The normalized spacial score (nSPS) is 15.2. The van der Waals surface area contributed by atoms with E-state index in [-0.39, 0.29) is 5.41 Å². The Morgan fingerprint density at radius 3 is 2.92 bits per heavy atom. The Morgan fingerprint density at radius 1 is 1.69 bits per heavy atom. The standard InChI is InChI=1S/C11H17NO/c1-4-11(2,9-12-3)8-10-6-5-7-13-10/h4-7,12H,1,8-9H2,2-3H3. The molecule has 0 aliphatic rings. The Kier molecular flexibility index (Phi) is 3.32.